The van der Waals surface area contributed by atoms with Crippen molar-refractivity contribution < 1.29 is 24.6 Å². The molecule has 1 aromatic heterocycles. The van der Waals surface area contributed by atoms with E-state index in [9.17, 15) is 24.6 Å². The van der Waals surface area contributed by atoms with Gasteiger partial charge in [0.1, 0.15) is 5.70 Å². The van der Waals surface area contributed by atoms with Crippen LogP contribution >= 0.6 is 11.3 Å². The molecular weight excluding hydrogens is 308 g/mol. The number of aliphatic hydroxyl groups is 1. The van der Waals surface area contributed by atoms with Crippen LogP contribution in [0.25, 0.3) is 5.57 Å². The van der Waals surface area contributed by atoms with E-state index in [1.54, 1.807) is 11.4 Å². The largest absolute Gasteiger partial charge is 0.477 e. The van der Waals surface area contributed by atoms with Gasteiger partial charge in [-0.3, -0.25) is 9.59 Å². The monoisotopic (exact) mass is 322 g/mol. The summed E-state index contributed by atoms with van der Waals surface area (Å²) in [5.74, 6) is -2.73. The molecule has 1 fully saturated rings. The van der Waals surface area contributed by atoms with Gasteiger partial charge in [-0.1, -0.05) is 0 Å². The molecule has 1 saturated heterocycles. The van der Waals surface area contributed by atoms with Crippen molar-refractivity contribution >= 4 is 34.7 Å². The molecule has 0 aromatic carbocycles. The van der Waals surface area contributed by atoms with E-state index in [4.69, 9.17) is 5.73 Å². The molecule has 0 radical (unpaired) electrons. The number of amides is 2. The van der Waals surface area contributed by atoms with Crippen molar-refractivity contribution in [2.45, 2.75) is 25.5 Å². The predicted octanol–water partition coefficient (Wildman–Crippen LogP) is 0.254. The average Bonchev–Trinajstić information content (AvgIpc) is 2.99. The Morgan fingerprint density at radius 1 is 1.50 bits per heavy atom. The number of β-lactam (4-membered cyclic amide) rings is 1. The number of fused-ring (bicyclic) bond motifs is 1. The number of thiophene rings is 1. The zero-order valence-corrected chi connectivity index (χ0v) is 12.5. The van der Waals surface area contributed by atoms with Crippen LogP contribution in [0.4, 0.5) is 0 Å². The standard InChI is InChI=1S/C14H14N2O5S/c1-5(17)10-8-3-7(9-2-6(4-22-9)12(15)18)11(14(20)21)16(8)13(10)19/h2,4-5,8,10,17H,3H2,1H3,(H2,15,18)(H,20,21). The highest BCUT2D eigenvalue weighted by molar-refractivity contribution is 7.11. The van der Waals surface area contributed by atoms with Crippen LogP contribution in [-0.2, 0) is 9.59 Å². The van der Waals surface area contributed by atoms with Crippen molar-refractivity contribution in [3.63, 3.8) is 0 Å². The summed E-state index contributed by atoms with van der Waals surface area (Å²) in [6.45, 7) is 1.52. The number of aliphatic hydroxyl groups excluding tert-OH is 1. The van der Waals surface area contributed by atoms with Gasteiger partial charge < -0.3 is 20.8 Å². The SMILES string of the molecule is CC(O)C1C(=O)N2C(C(=O)O)=C(c3cc(C(N)=O)cs3)CC12. The highest BCUT2D eigenvalue weighted by Gasteiger charge is 2.56. The van der Waals surface area contributed by atoms with Crippen LogP contribution in [0.1, 0.15) is 28.6 Å². The zero-order chi connectivity index (χ0) is 16.2. The summed E-state index contributed by atoms with van der Waals surface area (Å²) in [6, 6.07) is 1.20. The van der Waals surface area contributed by atoms with Crippen LogP contribution in [0.15, 0.2) is 17.1 Å². The summed E-state index contributed by atoms with van der Waals surface area (Å²) in [5.41, 5.74) is 5.96. The molecule has 3 atom stereocenters. The molecule has 2 aliphatic rings. The van der Waals surface area contributed by atoms with Crippen molar-refractivity contribution in [1.82, 2.24) is 4.90 Å². The number of hydrogen-bond acceptors (Lipinski definition) is 5. The van der Waals surface area contributed by atoms with Gasteiger partial charge >= 0.3 is 5.97 Å². The van der Waals surface area contributed by atoms with Gasteiger partial charge in [0, 0.05) is 15.8 Å². The molecule has 3 rings (SSSR count). The van der Waals surface area contributed by atoms with Crippen LogP contribution in [0.2, 0.25) is 0 Å². The number of carbonyl (C=O) groups excluding carboxylic acids is 2. The first-order valence-electron chi connectivity index (χ1n) is 6.69. The minimum Gasteiger partial charge on any atom is -0.477 e. The van der Waals surface area contributed by atoms with Gasteiger partial charge in [-0.05, 0) is 19.4 Å². The lowest BCUT2D eigenvalue weighted by atomic mass is 9.83. The van der Waals surface area contributed by atoms with Crippen LogP contribution < -0.4 is 5.73 Å². The molecule has 0 saturated carbocycles. The number of carbonyl (C=O) groups is 3. The number of primary amides is 1. The lowest BCUT2D eigenvalue weighted by Crippen LogP contribution is -2.61. The molecule has 2 amide bonds. The van der Waals surface area contributed by atoms with Crippen LogP contribution in [0.3, 0.4) is 0 Å². The summed E-state index contributed by atoms with van der Waals surface area (Å²) < 4.78 is 0. The zero-order valence-electron chi connectivity index (χ0n) is 11.6. The Kier molecular flexibility index (Phi) is 3.30. The third kappa shape index (κ3) is 1.95. The minimum absolute atomic E-state index is 0.0650. The fraction of sp³-hybridized carbons (Fsp3) is 0.357. The smallest absolute Gasteiger partial charge is 0.352 e. The van der Waals surface area contributed by atoms with Crippen LogP contribution in [-0.4, -0.2) is 45.0 Å². The molecule has 0 bridgehead atoms. The van der Waals surface area contributed by atoms with E-state index in [0.717, 1.165) is 0 Å². The Hall–Kier alpha value is -2.19. The maximum atomic E-state index is 12.1. The lowest BCUT2D eigenvalue weighted by Gasteiger charge is -2.44. The lowest BCUT2D eigenvalue weighted by molar-refractivity contribution is -0.161. The molecule has 1 aromatic rings. The highest BCUT2D eigenvalue weighted by Crippen LogP contribution is 2.47. The minimum atomic E-state index is -1.19. The third-order valence-electron chi connectivity index (χ3n) is 4.11. The Morgan fingerprint density at radius 3 is 2.68 bits per heavy atom. The van der Waals surface area contributed by atoms with E-state index in [1.807, 2.05) is 0 Å². The molecule has 7 nitrogen and oxygen atoms in total. The van der Waals surface area contributed by atoms with Gasteiger partial charge in [0.05, 0.1) is 23.6 Å². The molecule has 3 unspecified atom stereocenters. The molecule has 0 spiro atoms. The van der Waals surface area contributed by atoms with Gasteiger partial charge in [-0.15, -0.1) is 11.3 Å². The Morgan fingerprint density at radius 2 is 2.18 bits per heavy atom. The molecule has 3 heterocycles. The Labute approximate surface area is 129 Å². The van der Waals surface area contributed by atoms with E-state index in [-0.39, 0.29) is 17.6 Å². The summed E-state index contributed by atoms with van der Waals surface area (Å²) in [5, 5.41) is 20.7. The van der Waals surface area contributed by atoms with E-state index in [1.165, 1.54) is 23.2 Å². The van der Waals surface area contributed by atoms with Crippen molar-refractivity contribution in [3.05, 3.63) is 27.6 Å². The van der Waals surface area contributed by atoms with Crippen molar-refractivity contribution in [1.29, 1.82) is 0 Å². The predicted molar refractivity (Wildman–Crippen MR) is 77.8 cm³/mol. The van der Waals surface area contributed by atoms with Gasteiger partial charge in [0.2, 0.25) is 11.8 Å². The molecule has 4 N–H and O–H groups in total. The molecule has 22 heavy (non-hydrogen) atoms. The highest BCUT2D eigenvalue weighted by atomic mass is 32.1. The number of rotatable bonds is 4. The van der Waals surface area contributed by atoms with Crippen molar-refractivity contribution in [2.24, 2.45) is 11.7 Å². The second-order valence-electron chi connectivity index (χ2n) is 5.44. The van der Waals surface area contributed by atoms with E-state index in [2.05, 4.69) is 0 Å². The van der Waals surface area contributed by atoms with Crippen molar-refractivity contribution in [2.75, 3.05) is 0 Å². The number of hydrogen-bond donors (Lipinski definition) is 3. The first kappa shape index (κ1) is 14.7. The second kappa shape index (κ2) is 4.92. The fourth-order valence-electron chi connectivity index (χ4n) is 3.11. The number of nitrogens with zero attached hydrogens (tertiary/aromatic N) is 1. The van der Waals surface area contributed by atoms with Gasteiger partial charge in [-0.2, -0.15) is 0 Å². The number of nitrogens with two attached hydrogens (primary N) is 1. The van der Waals surface area contributed by atoms with E-state index < -0.39 is 23.9 Å². The van der Waals surface area contributed by atoms with Gasteiger partial charge in [-0.25, -0.2) is 4.79 Å². The number of carboxylic acids is 1. The molecule has 8 heteroatoms. The van der Waals surface area contributed by atoms with Gasteiger partial charge in [0.25, 0.3) is 0 Å². The first-order valence-corrected chi connectivity index (χ1v) is 7.57. The molecule has 116 valence electrons. The second-order valence-corrected chi connectivity index (χ2v) is 6.35. The van der Waals surface area contributed by atoms with E-state index in [0.29, 0.717) is 22.4 Å². The maximum absolute atomic E-state index is 12.1. The van der Waals surface area contributed by atoms with Crippen molar-refractivity contribution in [3.8, 4) is 0 Å². The topological polar surface area (TPSA) is 121 Å². The molecule has 0 aliphatic carbocycles. The summed E-state index contributed by atoms with van der Waals surface area (Å²) in [6.07, 6.45) is -0.477. The Bertz CT molecular complexity index is 721. The van der Waals surface area contributed by atoms with Crippen LogP contribution in [0, 0.1) is 5.92 Å². The number of carboxylic acid groups (broad SMARTS) is 1. The Balaban J connectivity index is 2.01. The number of aliphatic carboxylic acids is 1. The normalized spacial score (nSPS) is 25.0. The fourth-order valence-corrected chi connectivity index (χ4v) is 4.07. The average molecular weight is 322 g/mol. The summed E-state index contributed by atoms with van der Waals surface area (Å²) >= 11 is 1.22. The quantitative estimate of drug-likeness (QED) is 0.686. The molecular formula is C14H14N2O5S. The first-order chi connectivity index (χ1) is 10.3. The third-order valence-corrected chi connectivity index (χ3v) is 5.10. The molecule has 2 aliphatic heterocycles. The summed E-state index contributed by atoms with van der Waals surface area (Å²) in [7, 11) is 0. The van der Waals surface area contributed by atoms with Crippen LogP contribution in [0.5, 0.6) is 0 Å². The summed E-state index contributed by atoms with van der Waals surface area (Å²) in [4.78, 5) is 36.6. The maximum Gasteiger partial charge on any atom is 0.352 e. The van der Waals surface area contributed by atoms with Gasteiger partial charge in [0.15, 0.2) is 0 Å². The van der Waals surface area contributed by atoms with E-state index >= 15 is 0 Å².